The van der Waals surface area contributed by atoms with E-state index in [4.69, 9.17) is 0 Å². The van der Waals surface area contributed by atoms with Crippen molar-refractivity contribution in [3.05, 3.63) is 23.4 Å². The smallest absolute Gasteiger partial charge is 0.230 e. The summed E-state index contributed by atoms with van der Waals surface area (Å²) in [7, 11) is 1.89. The minimum absolute atomic E-state index is 0.252. The van der Waals surface area contributed by atoms with Crippen molar-refractivity contribution in [2.45, 2.75) is 26.2 Å². The highest BCUT2D eigenvalue weighted by atomic mass is 16.2. The van der Waals surface area contributed by atoms with Gasteiger partial charge in [0.15, 0.2) is 0 Å². The number of nitriles is 1. The molecule has 110 valence electrons. The number of rotatable bonds is 1. The molecule has 2 saturated heterocycles. The van der Waals surface area contributed by atoms with Crippen molar-refractivity contribution >= 4 is 11.7 Å². The summed E-state index contributed by atoms with van der Waals surface area (Å²) in [5.41, 5.74) is 1.22. The zero-order chi connectivity index (χ0) is 15.0. The van der Waals surface area contributed by atoms with E-state index in [9.17, 15) is 10.1 Å². The number of carbonyl (C=O) groups excluding carboxylic acids is 1. The van der Waals surface area contributed by atoms with Crippen molar-refractivity contribution in [3.8, 4) is 6.07 Å². The third-order valence-electron chi connectivity index (χ3n) is 4.74. The molecule has 1 unspecified atom stereocenters. The van der Waals surface area contributed by atoms with Crippen LogP contribution in [0, 0.1) is 23.7 Å². The number of piperidine rings is 1. The van der Waals surface area contributed by atoms with Gasteiger partial charge in [0.25, 0.3) is 0 Å². The van der Waals surface area contributed by atoms with E-state index >= 15 is 0 Å². The summed E-state index contributed by atoms with van der Waals surface area (Å²) in [5.74, 6) is 0.984. The van der Waals surface area contributed by atoms with Crippen LogP contribution in [0.5, 0.6) is 0 Å². The van der Waals surface area contributed by atoms with Gasteiger partial charge in [-0.1, -0.05) is 0 Å². The maximum atomic E-state index is 12.6. The molecule has 0 radical (unpaired) electrons. The molecular weight excluding hydrogens is 264 g/mol. The summed E-state index contributed by atoms with van der Waals surface area (Å²) in [6.07, 6.45) is 2.86. The molecule has 2 aliphatic rings. The van der Waals surface area contributed by atoms with Crippen LogP contribution in [-0.4, -0.2) is 42.5 Å². The molecule has 0 aromatic carbocycles. The molecule has 0 aliphatic carbocycles. The largest absolute Gasteiger partial charge is 0.354 e. The lowest BCUT2D eigenvalue weighted by molar-refractivity contribution is -0.143. The molecule has 5 heteroatoms. The fourth-order valence-electron chi connectivity index (χ4n) is 3.57. The van der Waals surface area contributed by atoms with Crippen molar-refractivity contribution in [2.24, 2.45) is 5.41 Å². The molecule has 0 saturated carbocycles. The normalized spacial score (nSPS) is 25.5. The number of aromatic nitrogens is 1. The van der Waals surface area contributed by atoms with Crippen LogP contribution in [0.25, 0.3) is 0 Å². The molecule has 21 heavy (non-hydrogen) atoms. The molecule has 0 N–H and O–H groups in total. The first-order valence-electron chi connectivity index (χ1n) is 7.44. The Kier molecular flexibility index (Phi) is 3.32. The minimum Gasteiger partial charge on any atom is -0.354 e. The quantitative estimate of drug-likeness (QED) is 0.787. The Bertz CT molecular complexity index is 621. The van der Waals surface area contributed by atoms with Crippen LogP contribution in [0.3, 0.4) is 0 Å². The third kappa shape index (κ3) is 2.25. The first-order chi connectivity index (χ1) is 10.1. The first kappa shape index (κ1) is 13.9. The van der Waals surface area contributed by atoms with E-state index in [1.807, 2.05) is 31.0 Å². The monoisotopic (exact) mass is 284 g/mol. The molecule has 0 bridgehead atoms. The van der Waals surface area contributed by atoms with Crippen LogP contribution in [0.4, 0.5) is 5.82 Å². The van der Waals surface area contributed by atoms with Crippen LogP contribution in [0.1, 0.15) is 30.5 Å². The summed E-state index contributed by atoms with van der Waals surface area (Å²) >= 11 is 0. The first-order valence-corrected chi connectivity index (χ1v) is 7.44. The van der Waals surface area contributed by atoms with Gasteiger partial charge in [0, 0.05) is 32.4 Å². The maximum Gasteiger partial charge on any atom is 0.230 e. The Hall–Kier alpha value is -2.09. The zero-order valence-electron chi connectivity index (χ0n) is 12.6. The van der Waals surface area contributed by atoms with Crippen LogP contribution in [-0.2, 0) is 4.79 Å². The summed E-state index contributed by atoms with van der Waals surface area (Å²) in [4.78, 5) is 21.1. The predicted molar refractivity (Wildman–Crippen MR) is 79.8 cm³/mol. The van der Waals surface area contributed by atoms with Crippen LogP contribution in [0.15, 0.2) is 12.1 Å². The highest BCUT2D eigenvalue weighted by molar-refractivity contribution is 5.85. The lowest BCUT2D eigenvalue weighted by Crippen LogP contribution is -2.48. The fourth-order valence-corrected chi connectivity index (χ4v) is 3.57. The van der Waals surface area contributed by atoms with Gasteiger partial charge in [-0.25, -0.2) is 4.98 Å². The van der Waals surface area contributed by atoms with E-state index in [-0.39, 0.29) is 11.3 Å². The van der Waals surface area contributed by atoms with E-state index in [0.717, 1.165) is 43.9 Å². The van der Waals surface area contributed by atoms with E-state index in [0.29, 0.717) is 12.1 Å². The van der Waals surface area contributed by atoms with Crippen molar-refractivity contribution in [1.82, 2.24) is 9.88 Å². The number of hydrogen-bond acceptors (Lipinski definition) is 4. The molecule has 2 aliphatic heterocycles. The molecule has 1 atom stereocenters. The maximum absolute atomic E-state index is 12.6. The summed E-state index contributed by atoms with van der Waals surface area (Å²) in [6.45, 7) is 4.26. The van der Waals surface area contributed by atoms with Gasteiger partial charge in [-0.15, -0.1) is 0 Å². The molecule has 3 heterocycles. The lowest BCUT2D eigenvalue weighted by atomic mass is 9.78. The average Bonchev–Trinajstić information content (AvgIpc) is 2.90. The number of carbonyl (C=O) groups is 1. The van der Waals surface area contributed by atoms with Gasteiger partial charge >= 0.3 is 0 Å². The number of anilines is 1. The molecule has 2 fully saturated rings. The van der Waals surface area contributed by atoms with E-state index in [1.54, 1.807) is 0 Å². The van der Waals surface area contributed by atoms with Gasteiger partial charge in [0.05, 0.1) is 11.0 Å². The fraction of sp³-hybridized carbons (Fsp3) is 0.562. The topological polar surface area (TPSA) is 60.2 Å². The average molecular weight is 284 g/mol. The van der Waals surface area contributed by atoms with Gasteiger partial charge in [-0.2, -0.15) is 5.26 Å². The Morgan fingerprint density at radius 1 is 1.33 bits per heavy atom. The van der Waals surface area contributed by atoms with Gasteiger partial charge in [-0.3, -0.25) is 4.79 Å². The van der Waals surface area contributed by atoms with Crippen LogP contribution >= 0.6 is 0 Å². The molecule has 1 amide bonds. The molecule has 1 aromatic heterocycles. The van der Waals surface area contributed by atoms with Gasteiger partial charge in [-0.05, 0) is 38.3 Å². The minimum atomic E-state index is -0.273. The molecule has 5 nitrogen and oxygen atoms in total. The predicted octanol–water partition coefficient (Wildman–Crippen LogP) is 1.71. The zero-order valence-corrected chi connectivity index (χ0v) is 12.6. The third-order valence-corrected chi connectivity index (χ3v) is 4.74. The Balaban J connectivity index is 1.89. The lowest BCUT2D eigenvalue weighted by Gasteiger charge is -2.37. The SMILES string of the molecule is Cc1ccc(C#N)c(N2CCC3(CCCN(C)C3=O)C2)n1. The number of aryl methyl sites for hydroxylation is 1. The van der Waals surface area contributed by atoms with Crippen molar-refractivity contribution in [2.75, 3.05) is 31.6 Å². The summed E-state index contributed by atoms with van der Waals surface area (Å²) in [5, 5.41) is 9.27. The van der Waals surface area contributed by atoms with E-state index in [2.05, 4.69) is 16.0 Å². The highest BCUT2D eigenvalue weighted by Crippen LogP contribution is 2.41. The molecular formula is C16H20N4O. The van der Waals surface area contributed by atoms with Crippen molar-refractivity contribution < 1.29 is 4.79 Å². The summed E-state index contributed by atoms with van der Waals surface area (Å²) in [6, 6.07) is 5.88. The summed E-state index contributed by atoms with van der Waals surface area (Å²) < 4.78 is 0. The molecule has 1 aromatic rings. The number of hydrogen-bond donors (Lipinski definition) is 0. The number of amides is 1. The van der Waals surface area contributed by atoms with Gasteiger partial charge in [0.1, 0.15) is 11.9 Å². The van der Waals surface area contributed by atoms with Crippen molar-refractivity contribution in [1.29, 1.82) is 5.26 Å². The second-order valence-corrected chi connectivity index (χ2v) is 6.22. The molecule has 1 spiro atoms. The highest BCUT2D eigenvalue weighted by Gasteiger charge is 2.48. The van der Waals surface area contributed by atoms with Crippen LogP contribution in [0.2, 0.25) is 0 Å². The second kappa shape index (κ2) is 5.03. The number of pyridine rings is 1. The van der Waals surface area contributed by atoms with Gasteiger partial charge < -0.3 is 9.80 Å². The van der Waals surface area contributed by atoms with Crippen LogP contribution < -0.4 is 4.90 Å². The number of nitrogens with zero attached hydrogens (tertiary/aromatic N) is 4. The van der Waals surface area contributed by atoms with Gasteiger partial charge in [0.2, 0.25) is 5.91 Å². The Morgan fingerprint density at radius 3 is 2.90 bits per heavy atom. The second-order valence-electron chi connectivity index (χ2n) is 6.22. The number of likely N-dealkylation sites (tertiary alicyclic amines) is 1. The molecule has 3 rings (SSSR count). The van der Waals surface area contributed by atoms with E-state index < -0.39 is 0 Å². The Labute approximate surface area is 125 Å². The van der Waals surface area contributed by atoms with Crippen molar-refractivity contribution in [3.63, 3.8) is 0 Å². The standard InChI is InChI=1S/C16H20N4O/c1-12-4-5-13(10-17)14(18-12)20-9-7-16(11-20)6-3-8-19(2)15(16)21/h4-5H,3,6-9,11H2,1-2H3. The Morgan fingerprint density at radius 2 is 2.14 bits per heavy atom. The van der Waals surface area contributed by atoms with E-state index in [1.165, 1.54) is 0 Å².